The number of unbranched alkanes of at least 4 members (excludes halogenated alkanes) is 1. The first-order valence-electron chi connectivity index (χ1n) is 15.9. The molecule has 0 unspecified atom stereocenters. The Hall–Kier alpha value is -4.25. The maximum Gasteiger partial charge on any atom is 0.264 e. The fourth-order valence-electron chi connectivity index (χ4n) is 5.26. The molecule has 0 bridgehead atoms. The Kier molecular flexibility index (Phi) is 13.4. The number of ether oxygens (including phenoxy) is 2. The molecule has 0 aliphatic rings. The number of anilines is 1. The lowest BCUT2D eigenvalue weighted by atomic mass is 10.0. The van der Waals surface area contributed by atoms with Gasteiger partial charge in [-0.05, 0) is 55.3 Å². The van der Waals surface area contributed by atoms with Crippen LogP contribution in [0.2, 0.25) is 10.0 Å². The molecule has 4 rings (SSSR count). The third kappa shape index (κ3) is 9.47. The summed E-state index contributed by atoms with van der Waals surface area (Å²) in [6, 6.07) is 24.2. The molecule has 4 aromatic rings. The van der Waals surface area contributed by atoms with Gasteiger partial charge in [-0.2, -0.15) is 0 Å². The molecule has 4 aromatic carbocycles. The number of nitrogens with zero attached hydrogens (tertiary/aromatic N) is 2. The lowest BCUT2D eigenvalue weighted by molar-refractivity contribution is -0.140. The number of halogens is 2. The molecule has 0 saturated heterocycles. The highest BCUT2D eigenvalue weighted by Gasteiger charge is 2.35. The van der Waals surface area contributed by atoms with Gasteiger partial charge in [0.2, 0.25) is 11.8 Å². The number of sulfonamides is 1. The van der Waals surface area contributed by atoms with Gasteiger partial charge in [0.15, 0.2) is 11.5 Å². The SMILES string of the molecule is CCCCNC(=O)[C@H](Cc1ccccc1)N(Cc1c(Cl)cccc1Cl)C(=O)CN(c1ccc(OC)c(OC)c1)S(=O)(=O)c1ccc(C)cc1. The first-order valence-corrected chi connectivity index (χ1v) is 18.0. The van der Waals surface area contributed by atoms with Crippen molar-refractivity contribution in [3.05, 3.63) is 118 Å². The van der Waals surface area contributed by atoms with Crippen molar-refractivity contribution in [2.75, 3.05) is 31.6 Å². The summed E-state index contributed by atoms with van der Waals surface area (Å²) in [5.41, 5.74) is 2.27. The van der Waals surface area contributed by atoms with Crippen molar-refractivity contribution in [3.8, 4) is 11.5 Å². The minimum atomic E-state index is -4.32. The monoisotopic (exact) mass is 725 g/mol. The Bertz CT molecular complexity index is 1820. The molecule has 0 radical (unpaired) electrons. The highest BCUT2D eigenvalue weighted by molar-refractivity contribution is 7.92. The van der Waals surface area contributed by atoms with Gasteiger partial charge >= 0.3 is 0 Å². The van der Waals surface area contributed by atoms with E-state index in [1.807, 2.05) is 44.2 Å². The summed E-state index contributed by atoms with van der Waals surface area (Å²) in [5.74, 6) is -0.374. The summed E-state index contributed by atoms with van der Waals surface area (Å²) in [6.45, 7) is 3.47. The van der Waals surface area contributed by atoms with E-state index in [1.165, 1.54) is 43.4 Å². The minimum absolute atomic E-state index is 0.0143. The van der Waals surface area contributed by atoms with E-state index in [-0.39, 0.29) is 35.2 Å². The average molecular weight is 727 g/mol. The van der Waals surface area contributed by atoms with E-state index in [4.69, 9.17) is 32.7 Å². The molecule has 0 aliphatic carbocycles. The average Bonchev–Trinajstić information content (AvgIpc) is 3.10. The first-order chi connectivity index (χ1) is 23.5. The Balaban J connectivity index is 1.86. The number of hydrogen-bond donors (Lipinski definition) is 1. The molecule has 2 amide bonds. The molecule has 0 heterocycles. The van der Waals surface area contributed by atoms with Crippen LogP contribution in [0.15, 0.2) is 95.9 Å². The molecular weight excluding hydrogens is 685 g/mol. The summed E-state index contributed by atoms with van der Waals surface area (Å²) < 4.78 is 40.6. The number of carbonyl (C=O) groups excluding carboxylic acids is 2. The summed E-state index contributed by atoms with van der Waals surface area (Å²) in [6.07, 6.45) is 1.77. The quantitative estimate of drug-likeness (QED) is 0.124. The first kappa shape index (κ1) is 37.6. The van der Waals surface area contributed by atoms with Crippen molar-refractivity contribution in [1.29, 1.82) is 0 Å². The third-order valence-electron chi connectivity index (χ3n) is 8.03. The van der Waals surface area contributed by atoms with Gasteiger partial charge in [0.1, 0.15) is 12.6 Å². The van der Waals surface area contributed by atoms with Crippen LogP contribution in [-0.2, 0) is 32.6 Å². The maximum absolute atomic E-state index is 14.7. The number of carbonyl (C=O) groups is 2. The van der Waals surface area contributed by atoms with E-state index >= 15 is 0 Å². The number of benzene rings is 4. The van der Waals surface area contributed by atoms with Crippen LogP contribution >= 0.6 is 23.2 Å². The van der Waals surface area contributed by atoms with Crippen LogP contribution in [0.4, 0.5) is 5.69 Å². The van der Waals surface area contributed by atoms with Crippen LogP contribution in [0.3, 0.4) is 0 Å². The maximum atomic E-state index is 14.7. The minimum Gasteiger partial charge on any atom is -0.493 e. The number of nitrogens with one attached hydrogen (secondary N) is 1. The molecule has 260 valence electrons. The third-order valence-corrected chi connectivity index (χ3v) is 10.5. The normalized spacial score (nSPS) is 11.8. The van der Waals surface area contributed by atoms with Crippen LogP contribution < -0.4 is 19.1 Å². The van der Waals surface area contributed by atoms with Gasteiger partial charge in [-0.3, -0.25) is 13.9 Å². The molecule has 0 saturated carbocycles. The molecule has 0 fully saturated rings. The number of amides is 2. The Labute approximate surface area is 298 Å². The number of aryl methyl sites for hydroxylation is 1. The molecule has 1 N–H and O–H groups in total. The zero-order valence-corrected chi connectivity index (χ0v) is 30.3. The molecule has 49 heavy (non-hydrogen) atoms. The number of rotatable bonds is 16. The van der Waals surface area contributed by atoms with Gasteiger partial charge in [0, 0.05) is 41.2 Å². The van der Waals surface area contributed by atoms with Crippen molar-refractivity contribution in [1.82, 2.24) is 10.2 Å². The second kappa shape index (κ2) is 17.4. The predicted octanol–water partition coefficient (Wildman–Crippen LogP) is 7.07. The van der Waals surface area contributed by atoms with E-state index in [9.17, 15) is 18.0 Å². The highest BCUT2D eigenvalue weighted by atomic mass is 35.5. The van der Waals surface area contributed by atoms with E-state index in [1.54, 1.807) is 36.4 Å². The van der Waals surface area contributed by atoms with Crippen LogP contribution in [0.5, 0.6) is 11.5 Å². The zero-order chi connectivity index (χ0) is 35.6. The lowest BCUT2D eigenvalue weighted by Crippen LogP contribution is -2.53. The Morgan fingerprint density at radius 2 is 1.51 bits per heavy atom. The van der Waals surface area contributed by atoms with Gasteiger partial charge < -0.3 is 19.7 Å². The molecule has 12 heteroatoms. The van der Waals surface area contributed by atoms with Crippen molar-refractivity contribution in [2.45, 2.75) is 50.6 Å². The van der Waals surface area contributed by atoms with Gasteiger partial charge in [0.05, 0.1) is 24.8 Å². The van der Waals surface area contributed by atoms with Crippen LogP contribution in [0.25, 0.3) is 0 Å². The van der Waals surface area contributed by atoms with E-state index in [0.717, 1.165) is 28.3 Å². The Morgan fingerprint density at radius 1 is 0.857 bits per heavy atom. The topological polar surface area (TPSA) is 105 Å². The van der Waals surface area contributed by atoms with Crippen LogP contribution in [0, 0.1) is 6.92 Å². The molecular formula is C37H41Cl2N3O6S. The van der Waals surface area contributed by atoms with E-state index in [0.29, 0.717) is 27.9 Å². The van der Waals surface area contributed by atoms with E-state index < -0.39 is 28.5 Å². The van der Waals surface area contributed by atoms with E-state index in [2.05, 4.69) is 5.32 Å². The summed E-state index contributed by atoms with van der Waals surface area (Å²) in [5, 5.41) is 3.58. The largest absolute Gasteiger partial charge is 0.493 e. The second-order valence-corrected chi connectivity index (χ2v) is 14.1. The van der Waals surface area contributed by atoms with Gasteiger partial charge in [0.25, 0.3) is 10.0 Å². The summed E-state index contributed by atoms with van der Waals surface area (Å²) in [7, 11) is -1.41. The smallest absolute Gasteiger partial charge is 0.264 e. The van der Waals surface area contributed by atoms with Gasteiger partial charge in [-0.15, -0.1) is 0 Å². The molecule has 0 spiro atoms. The zero-order valence-electron chi connectivity index (χ0n) is 28.0. The standard InChI is InChI=1S/C37H41Cl2N3O6S/c1-5-6-21-40-37(44)33(22-27-11-8-7-9-12-27)41(24-30-31(38)13-10-14-32(30)39)36(43)25-42(28-17-20-34(47-3)35(23-28)48-4)49(45,46)29-18-15-26(2)16-19-29/h7-20,23,33H,5-6,21-22,24-25H2,1-4H3,(H,40,44)/t33-/m0/s1. The second-order valence-electron chi connectivity index (χ2n) is 11.4. The molecule has 1 atom stereocenters. The number of methoxy groups -OCH3 is 2. The van der Waals surface area contributed by atoms with Crippen molar-refractivity contribution in [3.63, 3.8) is 0 Å². The lowest BCUT2D eigenvalue weighted by Gasteiger charge is -2.34. The fraction of sp³-hybridized carbons (Fsp3) is 0.297. The van der Waals surface area contributed by atoms with Crippen molar-refractivity contribution >= 4 is 50.7 Å². The van der Waals surface area contributed by atoms with Crippen molar-refractivity contribution < 1.29 is 27.5 Å². The van der Waals surface area contributed by atoms with Gasteiger partial charge in [-0.1, -0.05) is 90.6 Å². The van der Waals surface area contributed by atoms with Crippen LogP contribution in [-0.4, -0.2) is 58.5 Å². The predicted molar refractivity (Wildman–Crippen MR) is 194 cm³/mol. The van der Waals surface area contributed by atoms with Gasteiger partial charge in [-0.25, -0.2) is 8.42 Å². The molecule has 0 aromatic heterocycles. The Morgan fingerprint density at radius 3 is 2.12 bits per heavy atom. The summed E-state index contributed by atoms with van der Waals surface area (Å²) in [4.78, 5) is 30.0. The van der Waals surface area contributed by atoms with Crippen LogP contribution in [0.1, 0.15) is 36.5 Å². The van der Waals surface area contributed by atoms with Crippen molar-refractivity contribution in [2.24, 2.45) is 0 Å². The highest BCUT2D eigenvalue weighted by Crippen LogP contribution is 2.34. The fourth-order valence-corrected chi connectivity index (χ4v) is 7.18. The number of hydrogen-bond acceptors (Lipinski definition) is 6. The molecule has 9 nitrogen and oxygen atoms in total. The molecule has 0 aliphatic heterocycles. The summed E-state index contributed by atoms with van der Waals surface area (Å²) >= 11 is 13.2.